The van der Waals surface area contributed by atoms with Crippen LogP contribution >= 0.6 is 23.8 Å². The third-order valence-electron chi connectivity index (χ3n) is 6.10. The molecule has 0 saturated carbocycles. The Bertz CT molecular complexity index is 1300. The van der Waals surface area contributed by atoms with Crippen molar-refractivity contribution in [3.8, 4) is 5.75 Å². The number of rotatable bonds is 4. The van der Waals surface area contributed by atoms with Gasteiger partial charge in [0.05, 0.1) is 11.0 Å². The molecule has 3 aromatic carbocycles. The number of halogens is 1. The zero-order valence-corrected chi connectivity index (χ0v) is 19.5. The van der Waals surface area contributed by atoms with Crippen LogP contribution in [0.1, 0.15) is 18.5 Å². The second-order valence-corrected chi connectivity index (χ2v) is 9.03. The number of carbonyl (C=O) groups excluding carboxylic acids is 1. The van der Waals surface area contributed by atoms with E-state index in [1.807, 2.05) is 30.3 Å². The smallest absolute Gasteiger partial charge is 0.270 e. The molecule has 1 saturated heterocycles. The van der Waals surface area contributed by atoms with E-state index >= 15 is 0 Å². The lowest BCUT2D eigenvalue weighted by molar-refractivity contribution is -0.385. The number of nitrogens with one attached hydrogen (secondary N) is 2. The highest BCUT2D eigenvalue weighted by molar-refractivity contribution is 7.80. The number of nitrogens with zero attached hydrogens (tertiary/aromatic N) is 2. The maximum atomic E-state index is 13.7. The molecule has 3 aromatic rings. The Morgan fingerprint density at radius 1 is 1.18 bits per heavy atom. The fraction of sp³-hybridized carbons (Fsp3) is 0.167. The third-order valence-corrected chi connectivity index (χ3v) is 6.65. The van der Waals surface area contributed by atoms with E-state index in [1.165, 1.54) is 12.1 Å². The maximum Gasteiger partial charge on any atom is 0.270 e. The normalized spacial score (nSPS) is 22.8. The number of ether oxygens (including phenoxy) is 1. The van der Waals surface area contributed by atoms with Crippen molar-refractivity contribution in [2.75, 3.05) is 10.2 Å². The van der Waals surface area contributed by atoms with Crippen LogP contribution < -0.4 is 20.3 Å². The monoisotopic (exact) mass is 494 g/mol. The highest BCUT2D eigenvalue weighted by Crippen LogP contribution is 2.50. The Kier molecular flexibility index (Phi) is 5.38. The Hall–Kier alpha value is -3.69. The van der Waals surface area contributed by atoms with Crippen molar-refractivity contribution in [2.45, 2.75) is 18.7 Å². The number of thiocarbonyl (C=S) groups is 1. The van der Waals surface area contributed by atoms with Gasteiger partial charge < -0.3 is 15.4 Å². The molecule has 2 N–H and O–H groups in total. The number of hydrogen-bond acceptors (Lipinski definition) is 5. The fourth-order valence-corrected chi connectivity index (χ4v) is 5.14. The SMILES string of the molecule is CC12Oc3ccc([N+](=O)[O-])cc3C(NC(=S)N1c1ccccc1)C2C(=O)Nc1ccc(Cl)cc1. The highest BCUT2D eigenvalue weighted by Gasteiger charge is 2.59. The van der Waals surface area contributed by atoms with E-state index in [9.17, 15) is 14.9 Å². The molecule has 5 rings (SSSR count). The molecule has 0 aliphatic carbocycles. The van der Waals surface area contributed by atoms with E-state index in [4.69, 9.17) is 28.6 Å². The summed E-state index contributed by atoms with van der Waals surface area (Å²) in [5.41, 5.74) is 0.498. The lowest BCUT2D eigenvalue weighted by Gasteiger charge is -2.55. The zero-order valence-electron chi connectivity index (χ0n) is 17.9. The van der Waals surface area contributed by atoms with Crippen LogP contribution in [0.5, 0.6) is 5.75 Å². The molecule has 8 nitrogen and oxygen atoms in total. The van der Waals surface area contributed by atoms with Crippen molar-refractivity contribution in [1.82, 2.24) is 5.32 Å². The molecule has 2 aliphatic heterocycles. The van der Waals surface area contributed by atoms with Crippen LogP contribution in [0, 0.1) is 16.0 Å². The number of benzene rings is 3. The molecule has 3 unspecified atom stereocenters. The summed E-state index contributed by atoms with van der Waals surface area (Å²) in [6.45, 7) is 1.80. The molecule has 1 fully saturated rings. The van der Waals surface area contributed by atoms with Crippen LogP contribution in [-0.4, -0.2) is 21.7 Å². The predicted octanol–water partition coefficient (Wildman–Crippen LogP) is 5.05. The Morgan fingerprint density at radius 3 is 2.56 bits per heavy atom. The summed E-state index contributed by atoms with van der Waals surface area (Å²) in [6, 6.07) is 19.9. The van der Waals surface area contributed by atoms with E-state index in [-0.39, 0.29) is 11.6 Å². The fourth-order valence-electron chi connectivity index (χ4n) is 4.60. The van der Waals surface area contributed by atoms with Gasteiger partial charge >= 0.3 is 0 Å². The number of nitro groups is 1. The number of nitro benzene ring substituents is 1. The lowest BCUT2D eigenvalue weighted by Crippen LogP contribution is -2.72. The van der Waals surface area contributed by atoms with Crippen molar-refractivity contribution in [1.29, 1.82) is 0 Å². The van der Waals surface area contributed by atoms with E-state index < -0.39 is 22.6 Å². The second-order valence-electron chi connectivity index (χ2n) is 8.21. The molecule has 0 aromatic heterocycles. The van der Waals surface area contributed by atoms with Gasteiger partial charge in [-0.25, -0.2) is 0 Å². The molecule has 172 valence electrons. The number of hydrogen-bond donors (Lipinski definition) is 2. The van der Waals surface area contributed by atoms with Gasteiger partial charge in [-0.3, -0.25) is 19.8 Å². The Labute approximate surface area is 205 Å². The first kappa shape index (κ1) is 22.1. The van der Waals surface area contributed by atoms with Gasteiger partial charge in [0, 0.05) is 34.1 Å². The summed E-state index contributed by atoms with van der Waals surface area (Å²) in [4.78, 5) is 26.4. The van der Waals surface area contributed by atoms with Gasteiger partial charge in [0.15, 0.2) is 10.8 Å². The first-order chi connectivity index (χ1) is 16.3. The minimum Gasteiger partial charge on any atom is -0.467 e. The molecule has 34 heavy (non-hydrogen) atoms. The molecule has 2 heterocycles. The maximum absolute atomic E-state index is 13.7. The molecule has 2 aliphatic rings. The van der Waals surface area contributed by atoms with Gasteiger partial charge in [-0.15, -0.1) is 0 Å². The Balaban J connectivity index is 1.63. The second kappa shape index (κ2) is 8.27. The van der Waals surface area contributed by atoms with Crippen LogP contribution in [0.25, 0.3) is 0 Å². The first-order valence-electron chi connectivity index (χ1n) is 10.5. The lowest BCUT2D eigenvalue weighted by atomic mass is 9.78. The van der Waals surface area contributed by atoms with Crippen molar-refractivity contribution < 1.29 is 14.5 Å². The molecular weight excluding hydrogens is 476 g/mol. The summed E-state index contributed by atoms with van der Waals surface area (Å²) in [5.74, 6) is -0.697. The van der Waals surface area contributed by atoms with Gasteiger partial charge in [-0.05, 0) is 61.6 Å². The number of non-ortho nitro benzene ring substituents is 1. The van der Waals surface area contributed by atoms with Crippen molar-refractivity contribution in [3.05, 3.63) is 93.5 Å². The van der Waals surface area contributed by atoms with E-state index in [1.54, 1.807) is 42.2 Å². The van der Waals surface area contributed by atoms with Crippen molar-refractivity contribution >= 4 is 51.9 Å². The molecule has 3 atom stereocenters. The van der Waals surface area contributed by atoms with E-state index in [0.717, 1.165) is 5.69 Å². The van der Waals surface area contributed by atoms with Crippen LogP contribution in [0.15, 0.2) is 72.8 Å². The van der Waals surface area contributed by atoms with Crippen LogP contribution in [0.4, 0.5) is 17.1 Å². The molecular formula is C24H19ClN4O4S. The topological polar surface area (TPSA) is 96.7 Å². The highest BCUT2D eigenvalue weighted by atomic mass is 35.5. The quantitative estimate of drug-likeness (QED) is 0.297. The van der Waals surface area contributed by atoms with Crippen molar-refractivity contribution in [3.63, 3.8) is 0 Å². The van der Waals surface area contributed by atoms with E-state index in [0.29, 0.717) is 27.1 Å². The number of carbonyl (C=O) groups is 1. The number of anilines is 2. The first-order valence-corrected chi connectivity index (χ1v) is 11.3. The molecule has 10 heteroatoms. The van der Waals surface area contributed by atoms with Gasteiger partial charge in [0.1, 0.15) is 11.7 Å². The minimum absolute atomic E-state index is 0.0963. The van der Waals surface area contributed by atoms with Gasteiger partial charge in [-0.1, -0.05) is 29.8 Å². The van der Waals surface area contributed by atoms with Crippen molar-refractivity contribution in [2.24, 2.45) is 5.92 Å². The van der Waals surface area contributed by atoms with Crippen LogP contribution in [0.2, 0.25) is 5.02 Å². The zero-order chi connectivity index (χ0) is 24.0. The summed E-state index contributed by atoms with van der Waals surface area (Å²) < 4.78 is 6.45. The predicted molar refractivity (Wildman–Crippen MR) is 133 cm³/mol. The molecule has 1 amide bonds. The van der Waals surface area contributed by atoms with Crippen LogP contribution in [0.3, 0.4) is 0 Å². The standard InChI is InChI=1S/C24H19ClN4O4S/c1-24-20(22(30)26-15-9-7-14(25)8-10-15)21(18-13-17(29(31)32)11-12-19(18)33-24)27-23(34)28(24)16-5-3-2-4-6-16/h2-13,20-21H,1H3,(H,26,30)(H,27,34). The van der Waals surface area contributed by atoms with Gasteiger partial charge in [-0.2, -0.15) is 0 Å². The van der Waals surface area contributed by atoms with Crippen LogP contribution in [-0.2, 0) is 4.79 Å². The largest absolute Gasteiger partial charge is 0.467 e. The average molecular weight is 495 g/mol. The summed E-state index contributed by atoms with van der Waals surface area (Å²) in [7, 11) is 0. The minimum atomic E-state index is -1.21. The number of fused-ring (bicyclic) bond motifs is 4. The molecule has 0 radical (unpaired) electrons. The van der Waals surface area contributed by atoms with Gasteiger partial charge in [0.2, 0.25) is 5.91 Å². The summed E-state index contributed by atoms with van der Waals surface area (Å²) in [6.07, 6.45) is 0. The van der Waals surface area contributed by atoms with Gasteiger partial charge in [0.25, 0.3) is 5.69 Å². The summed E-state index contributed by atoms with van der Waals surface area (Å²) >= 11 is 11.7. The van der Waals surface area contributed by atoms with E-state index in [2.05, 4.69) is 10.6 Å². The average Bonchev–Trinajstić information content (AvgIpc) is 2.80. The molecule has 0 spiro atoms. The molecule has 2 bridgehead atoms. The Morgan fingerprint density at radius 2 is 1.88 bits per heavy atom. The number of para-hydroxylation sites is 1. The summed E-state index contributed by atoms with van der Waals surface area (Å²) in [5, 5.41) is 18.5. The third kappa shape index (κ3) is 3.63. The number of amides is 1.